The molecule has 2 aromatic rings. The molecule has 1 atom stereocenters. The highest BCUT2D eigenvalue weighted by molar-refractivity contribution is 5.40. The zero-order valence-corrected chi connectivity index (χ0v) is 11.5. The van der Waals surface area contributed by atoms with Crippen molar-refractivity contribution < 1.29 is 13.2 Å². The molecule has 3 rings (SSSR count). The first-order valence-corrected chi connectivity index (χ1v) is 6.92. The van der Waals surface area contributed by atoms with Gasteiger partial charge in [-0.05, 0) is 42.0 Å². The minimum absolute atomic E-state index is 0.425. The molecule has 0 spiro atoms. The molecule has 110 valence electrons. The molecule has 1 aliphatic rings. The van der Waals surface area contributed by atoms with E-state index in [9.17, 15) is 13.2 Å². The molecule has 1 nitrogen and oxygen atoms in total. The summed E-state index contributed by atoms with van der Waals surface area (Å²) in [6.45, 7) is 0. The molecule has 0 radical (unpaired) electrons. The van der Waals surface area contributed by atoms with Crippen LogP contribution in [0.2, 0.25) is 0 Å². The smallest absolute Gasteiger partial charge is 0.321 e. The van der Waals surface area contributed by atoms with Gasteiger partial charge in [0.25, 0.3) is 0 Å². The summed E-state index contributed by atoms with van der Waals surface area (Å²) < 4.78 is 38.4. The van der Waals surface area contributed by atoms with E-state index >= 15 is 0 Å². The second-order valence-electron chi connectivity index (χ2n) is 5.69. The maximum atomic E-state index is 12.8. The van der Waals surface area contributed by atoms with Crippen molar-refractivity contribution in [2.24, 2.45) is 5.73 Å². The van der Waals surface area contributed by atoms with E-state index in [-0.39, 0.29) is 0 Å². The van der Waals surface area contributed by atoms with Crippen LogP contribution in [-0.2, 0) is 24.6 Å². The van der Waals surface area contributed by atoms with Crippen LogP contribution in [0.25, 0.3) is 0 Å². The van der Waals surface area contributed by atoms with E-state index in [1.54, 1.807) is 6.07 Å². The molecule has 2 aromatic carbocycles. The standard InChI is InChI=1S/C17H16F3N/c18-17(19,20)14-6-3-4-12(10-14)11-16(21)9-8-13-5-1-2-7-15(13)16/h1-7,10H,8-9,11,21H2. The minimum atomic E-state index is -4.31. The van der Waals surface area contributed by atoms with Crippen molar-refractivity contribution in [2.75, 3.05) is 0 Å². The maximum absolute atomic E-state index is 12.8. The molecule has 0 heterocycles. The highest BCUT2D eigenvalue weighted by Crippen LogP contribution is 2.38. The van der Waals surface area contributed by atoms with Crippen molar-refractivity contribution in [3.63, 3.8) is 0 Å². The lowest BCUT2D eigenvalue weighted by molar-refractivity contribution is -0.137. The van der Waals surface area contributed by atoms with Gasteiger partial charge in [0.2, 0.25) is 0 Å². The Kier molecular flexibility index (Phi) is 3.29. The summed E-state index contributed by atoms with van der Waals surface area (Å²) in [4.78, 5) is 0. The number of aryl methyl sites for hydroxylation is 1. The number of fused-ring (bicyclic) bond motifs is 1. The number of halogens is 3. The Labute approximate surface area is 121 Å². The minimum Gasteiger partial charge on any atom is -0.321 e. The highest BCUT2D eigenvalue weighted by atomic mass is 19.4. The monoisotopic (exact) mass is 291 g/mol. The molecule has 0 saturated carbocycles. The summed E-state index contributed by atoms with van der Waals surface area (Å²) in [5.41, 5.74) is 8.18. The lowest BCUT2D eigenvalue weighted by atomic mass is 9.86. The van der Waals surface area contributed by atoms with Gasteiger partial charge >= 0.3 is 6.18 Å². The number of hydrogen-bond acceptors (Lipinski definition) is 1. The molecule has 4 heteroatoms. The van der Waals surface area contributed by atoms with Gasteiger partial charge in [-0.2, -0.15) is 13.2 Å². The second-order valence-corrected chi connectivity index (χ2v) is 5.69. The fourth-order valence-electron chi connectivity index (χ4n) is 3.12. The SMILES string of the molecule is NC1(Cc2cccc(C(F)(F)F)c2)CCc2ccccc21. The third kappa shape index (κ3) is 2.68. The third-order valence-electron chi connectivity index (χ3n) is 4.17. The van der Waals surface area contributed by atoms with Crippen LogP contribution in [0.5, 0.6) is 0 Å². The number of benzene rings is 2. The molecule has 0 bridgehead atoms. The van der Waals surface area contributed by atoms with Crippen LogP contribution in [0.1, 0.15) is 28.7 Å². The number of alkyl halides is 3. The summed E-state index contributed by atoms with van der Waals surface area (Å²) in [5, 5.41) is 0. The van der Waals surface area contributed by atoms with E-state index in [0.29, 0.717) is 12.0 Å². The topological polar surface area (TPSA) is 26.0 Å². The summed E-state index contributed by atoms with van der Waals surface area (Å²) in [7, 11) is 0. The van der Waals surface area contributed by atoms with Crippen molar-refractivity contribution in [1.82, 2.24) is 0 Å². The molecule has 2 N–H and O–H groups in total. The summed E-state index contributed by atoms with van der Waals surface area (Å²) in [6.07, 6.45) is -2.24. The van der Waals surface area contributed by atoms with E-state index in [1.165, 1.54) is 17.7 Å². The first kappa shape index (κ1) is 14.1. The Morgan fingerprint density at radius 3 is 2.57 bits per heavy atom. The lowest BCUT2D eigenvalue weighted by Crippen LogP contribution is -2.36. The van der Waals surface area contributed by atoms with Gasteiger partial charge in [0.05, 0.1) is 5.56 Å². The zero-order chi connectivity index (χ0) is 15.1. The molecule has 1 unspecified atom stereocenters. The Bertz CT molecular complexity index is 663. The van der Waals surface area contributed by atoms with Crippen LogP contribution in [0.3, 0.4) is 0 Å². The van der Waals surface area contributed by atoms with Gasteiger partial charge in [-0.15, -0.1) is 0 Å². The van der Waals surface area contributed by atoms with Crippen molar-refractivity contribution in [3.8, 4) is 0 Å². The van der Waals surface area contributed by atoms with Gasteiger partial charge in [-0.3, -0.25) is 0 Å². The van der Waals surface area contributed by atoms with Crippen molar-refractivity contribution in [1.29, 1.82) is 0 Å². The van der Waals surface area contributed by atoms with E-state index in [1.807, 2.05) is 24.3 Å². The van der Waals surface area contributed by atoms with Crippen LogP contribution in [-0.4, -0.2) is 0 Å². The zero-order valence-electron chi connectivity index (χ0n) is 11.5. The van der Waals surface area contributed by atoms with E-state index in [4.69, 9.17) is 5.73 Å². The predicted octanol–water partition coefficient (Wildman–Crippen LogP) is 4.05. The first-order valence-electron chi connectivity index (χ1n) is 6.92. The van der Waals surface area contributed by atoms with E-state index in [0.717, 1.165) is 24.5 Å². The fourth-order valence-corrected chi connectivity index (χ4v) is 3.12. The Hall–Kier alpha value is -1.81. The molecule has 0 aromatic heterocycles. The van der Waals surface area contributed by atoms with Crippen molar-refractivity contribution >= 4 is 0 Å². The largest absolute Gasteiger partial charge is 0.416 e. The molecule has 0 aliphatic heterocycles. The Morgan fingerprint density at radius 2 is 1.81 bits per heavy atom. The first-order chi connectivity index (χ1) is 9.88. The van der Waals surface area contributed by atoms with Gasteiger partial charge in [0.1, 0.15) is 0 Å². The number of hydrogen-bond donors (Lipinski definition) is 1. The van der Waals surface area contributed by atoms with Gasteiger partial charge in [-0.25, -0.2) is 0 Å². The van der Waals surface area contributed by atoms with Gasteiger partial charge < -0.3 is 5.73 Å². The summed E-state index contributed by atoms with van der Waals surface area (Å²) >= 11 is 0. The summed E-state index contributed by atoms with van der Waals surface area (Å²) in [5.74, 6) is 0. The van der Waals surface area contributed by atoms with Crippen LogP contribution >= 0.6 is 0 Å². The van der Waals surface area contributed by atoms with Gasteiger partial charge in [0.15, 0.2) is 0 Å². The van der Waals surface area contributed by atoms with Crippen molar-refractivity contribution in [3.05, 3.63) is 70.8 Å². The Balaban J connectivity index is 1.91. The molecule has 0 fully saturated rings. The molecule has 1 aliphatic carbocycles. The quantitative estimate of drug-likeness (QED) is 0.887. The lowest BCUT2D eigenvalue weighted by Gasteiger charge is -2.26. The molecule has 0 saturated heterocycles. The highest BCUT2D eigenvalue weighted by Gasteiger charge is 2.36. The number of rotatable bonds is 2. The van der Waals surface area contributed by atoms with Crippen LogP contribution < -0.4 is 5.73 Å². The Morgan fingerprint density at radius 1 is 1.05 bits per heavy atom. The summed E-state index contributed by atoms with van der Waals surface area (Å²) in [6, 6.07) is 13.4. The fraction of sp³-hybridized carbons (Fsp3) is 0.294. The van der Waals surface area contributed by atoms with Gasteiger partial charge in [-0.1, -0.05) is 42.5 Å². The van der Waals surface area contributed by atoms with Crippen molar-refractivity contribution in [2.45, 2.75) is 31.0 Å². The van der Waals surface area contributed by atoms with Gasteiger partial charge in [0, 0.05) is 5.54 Å². The van der Waals surface area contributed by atoms with Crippen LogP contribution in [0.4, 0.5) is 13.2 Å². The molecule has 0 amide bonds. The maximum Gasteiger partial charge on any atom is 0.416 e. The van der Waals surface area contributed by atoms with Crippen LogP contribution in [0.15, 0.2) is 48.5 Å². The molecular formula is C17H16F3N. The predicted molar refractivity (Wildman–Crippen MR) is 75.8 cm³/mol. The molecule has 21 heavy (non-hydrogen) atoms. The normalized spacial score (nSPS) is 21.3. The third-order valence-corrected chi connectivity index (χ3v) is 4.17. The average Bonchev–Trinajstić information content (AvgIpc) is 2.76. The number of nitrogens with two attached hydrogens (primary N) is 1. The van der Waals surface area contributed by atoms with Crippen LogP contribution in [0, 0.1) is 0 Å². The average molecular weight is 291 g/mol. The van der Waals surface area contributed by atoms with E-state index < -0.39 is 17.3 Å². The molecular weight excluding hydrogens is 275 g/mol. The second kappa shape index (κ2) is 4.88. The van der Waals surface area contributed by atoms with E-state index in [2.05, 4.69) is 0 Å².